The number of nitrogens with zero attached hydrogens (tertiary/aromatic N) is 2. The maximum atomic E-state index is 13.3. The second-order valence-corrected chi connectivity index (χ2v) is 7.18. The number of aromatic nitrogens is 2. The molecule has 6 heteroatoms. The molecule has 1 atom stereocenters. The number of hydrogen-bond acceptors (Lipinski definition) is 4. The molecule has 25 heavy (non-hydrogen) atoms. The van der Waals surface area contributed by atoms with Crippen molar-refractivity contribution in [3.05, 3.63) is 47.9 Å². The van der Waals surface area contributed by atoms with Gasteiger partial charge in [-0.2, -0.15) is 5.10 Å². The molecule has 4 rings (SSSR count). The highest BCUT2D eigenvalue weighted by molar-refractivity contribution is 5.35. The summed E-state index contributed by atoms with van der Waals surface area (Å²) >= 11 is 0. The van der Waals surface area contributed by atoms with Crippen LogP contribution in [0.2, 0.25) is 0 Å². The Hall–Kier alpha value is -1.92. The molecule has 134 valence electrons. The Morgan fingerprint density at radius 2 is 2.04 bits per heavy atom. The lowest BCUT2D eigenvalue weighted by atomic mass is 9.74. The van der Waals surface area contributed by atoms with Gasteiger partial charge in [0, 0.05) is 56.8 Å². The number of hydrogen-bond donors (Lipinski definition) is 2. The predicted octanol–water partition coefficient (Wildman–Crippen LogP) is 2.40. The van der Waals surface area contributed by atoms with E-state index in [1.165, 1.54) is 5.56 Å². The van der Waals surface area contributed by atoms with Crippen molar-refractivity contribution in [2.24, 2.45) is 5.92 Å². The lowest BCUT2D eigenvalue weighted by Crippen LogP contribution is -2.45. The van der Waals surface area contributed by atoms with Crippen molar-refractivity contribution in [2.75, 3.05) is 38.2 Å². The molecule has 3 heterocycles. The van der Waals surface area contributed by atoms with Gasteiger partial charge in [-0.25, -0.2) is 9.07 Å². The highest BCUT2D eigenvalue weighted by Gasteiger charge is 2.34. The van der Waals surface area contributed by atoms with Crippen LogP contribution in [0.15, 0.2) is 36.5 Å². The van der Waals surface area contributed by atoms with E-state index < -0.39 is 0 Å². The Labute approximate surface area is 147 Å². The third-order valence-electron chi connectivity index (χ3n) is 5.52. The first kappa shape index (κ1) is 16.5. The van der Waals surface area contributed by atoms with Gasteiger partial charge in [0.15, 0.2) is 0 Å². The molecular weight excluding hydrogens is 319 g/mol. The van der Waals surface area contributed by atoms with Crippen LogP contribution in [-0.4, -0.2) is 42.6 Å². The van der Waals surface area contributed by atoms with Crippen LogP contribution in [-0.2, 0) is 16.7 Å². The fourth-order valence-electron chi connectivity index (χ4n) is 3.97. The first-order chi connectivity index (χ1) is 12.3. The van der Waals surface area contributed by atoms with Gasteiger partial charge in [-0.1, -0.05) is 12.1 Å². The molecule has 1 fully saturated rings. The van der Waals surface area contributed by atoms with E-state index >= 15 is 0 Å². The van der Waals surface area contributed by atoms with Crippen LogP contribution in [0.4, 0.5) is 10.2 Å². The maximum absolute atomic E-state index is 13.3. The second kappa shape index (κ2) is 7.14. The standard InChI is InChI=1S/C19H25FN4O/c20-17-3-1-16(2-4-17)19(6-9-25-10-7-19)14-21-11-15-12-22-18-5-8-23-24(18)13-15/h1-5,8,15,21-22H,6-7,9-14H2. The molecule has 1 aromatic heterocycles. The van der Waals surface area contributed by atoms with Crippen molar-refractivity contribution in [3.8, 4) is 0 Å². The highest BCUT2D eigenvalue weighted by Crippen LogP contribution is 2.34. The minimum Gasteiger partial charge on any atom is -0.381 e. The second-order valence-electron chi connectivity index (χ2n) is 7.18. The van der Waals surface area contributed by atoms with Gasteiger partial charge >= 0.3 is 0 Å². The van der Waals surface area contributed by atoms with Crippen LogP contribution >= 0.6 is 0 Å². The molecule has 1 aromatic carbocycles. The third-order valence-corrected chi connectivity index (χ3v) is 5.52. The molecule has 2 aliphatic rings. The lowest BCUT2D eigenvalue weighted by molar-refractivity contribution is 0.0495. The fourth-order valence-corrected chi connectivity index (χ4v) is 3.97. The highest BCUT2D eigenvalue weighted by atomic mass is 19.1. The summed E-state index contributed by atoms with van der Waals surface area (Å²) in [5, 5.41) is 11.4. The Morgan fingerprint density at radius 3 is 2.84 bits per heavy atom. The van der Waals surface area contributed by atoms with E-state index in [4.69, 9.17) is 4.74 Å². The zero-order chi connectivity index (χ0) is 17.1. The van der Waals surface area contributed by atoms with Crippen LogP contribution in [0.3, 0.4) is 0 Å². The largest absolute Gasteiger partial charge is 0.381 e. The number of ether oxygens (including phenoxy) is 1. The quantitative estimate of drug-likeness (QED) is 0.875. The van der Waals surface area contributed by atoms with Crippen molar-refractivity contribution in [2.45, 2.75) is 24.8 Å². The topological polar surface area (TPSA) is 51.1 Å². The van der Waals surface area contributed by atoms with E-state index in [9.17, 15) is 4.39 Å². The number of halogens is 1. The Bertz CT molecular complexity index is 694. The van der Waals surface area contributed by atoms with E-state index in [2.05, 4.69) is 15.7 Å². The normalized spacial score (nSPS) is 22.2. The summed E-state index contributed by atoms with van der Waals surface area (Å²) in [6.45, 7) is 5.27. The fraction of sp³-hybridized carbons (Fsp3) is 0.526. The Kier molecular flexibility index (Phi) is 4.72. The SMILES string of the molecule is Fc1ccc(C2(CNCC3CNc4ccnn4C3)CCOCC2)cc1. The van der Waals surface area contributed by atoms with Crippen molar-refractivity contribution >= 4 is 5.82 Å². The number of rotatable bonds is 5. The molecule has 5 nitrogen and oxygen atoms in total. The molecule has 0 aliphatic carbocycles. The zero-order valence-electron chi connectivity index (χ0n) is 14.4. The molecule has 0 spiro atoms. The maximum Gasteiger partial charge on any atom is 0.124 e. The molecular formula is C19H25FN4O. The molecule has 2 N–H and O–H groups in total. The van der Waals surface area contributed by atoms with E-state index in [0.717, 1.165) is 58.1 Å². The summed E-state index contributed by atoms with van der Waals surface area (Å²) in [5.74, 6) is 1.43. The predicted molar refractivity (Wildman–Crippen MR) is 95.2 cm³/mol. The molecule has 1 saturated heterocycles. The molecule has 0 amide bonds. The van der Waals surface area contributed by atoms with Crippen LogP contribution in [0, 0.1) is 11.7 Å². The van der Waals surface area contributed by atoms with Gasteiger partial charge in [-0.05, 0) is 30.5 Å². The van der Waals surface area contributed by atoms with Crippen LogP contribution in [0.5, 0.6) is 0 Å². The van der Waals surface area contributed by atoms with Gasteiger partial charge in [0.05, 0.1) is 6.20 Å². The first-order valence-corrected chi connectivity index (χ1v) is 9.05. The smallest absolute Gasteiger partial charge is 0.124 e. The molecule has 1 unspecified atom stereocenters. The Balaban J connectivity index is 1.39. The van der Waals surface area contributed by atoms with Crippen molar-refractivity contribution in [3.63, 3.8) is 0 Å². The number of anilines is 1. The summed E-state index contributed by atoms with van der Waals surface area (Å²) in [6.07, 6.45) is 3.78. The van der Waals surface area contributed by atoms with Gasteiger partial charge in [0.1, 0.15) is 11.6 Å². The van der Waals surface area contributed by atoms with Gasteiger partial charge in [-0.15, -0.1) is 0 Å². The average molecular weight is 344 g/mol. The molecule has 0 bridgehead atoms. The minimum atomic E-state index is -0.178. The van der Waals surface area contributed by atoms with E-state index in [1.807, 2.05) is 29.1 Å². The van der Waals surface area contributed by atoms with Gasteiger partial charge < -0.3 is 15.4 Å². The average Bonchev–Trinajstić information content (AvgIpc) is 3.11. The van der Waals surface area contributed by atoms with Crippen molar-refractivity contribution in [1.82, 2.24) is 15.1 Å². The van der Waals surface area contributed by atoms with E-state index in [0.29, 0.717) is 5.92 Å². The van der Waals surface area contributed by atoms with E-state index in [-0.39, 0.29) is 11.2 Å². The molecule has 0 radical (unpaired) electrons. The van der Waals surface area contributed by atoms with Gasteiger partial charge in [-0.3, -0.25) is 0 Å². The summed E-state index contributed by atoms with van der Waals surface area (Å²) in [6, 6.07) is 9.00. The van der Waals surface area contributed by atoms with Crippen LogP contribution in [0.1, 0.15) is 18.4 Å². The van der Waals surface area contributed by atoms with Crippen molar-refractivity contribution < 1.29 is 9.13 Å². The van der Waals surface area contributed by atoms with Crippen molar-refractivity contribution in [1.29, 1.82) is 0 Å². The molecule has 0 saturated carbocycles. The lowest BCUT2D eigenvalue weighted by Gasteiger charge is -2.38. The monoisotopic (exact) mass is 344 g/mol. The summed E-state index contributed by atoms with van der Waals surface area (Å²) < 4.78 is 20.9. The van der Waals surface area contributed by atoms with Crippen LogP contribution in [0.25, 0.3) is 0 Å². The summed E-state index contributed by atoms with van der Waals surface area (Å²) in [5.41, 5.74) is 1.24. The van der Waals surface area contributed by atoms with Gasteiger partial charge in [0.2, 0.25) is 0 Å². The first-order valence-electron chi connectivity index (χ1n) is 9.05. The Morgan fingerprint density at radius 1 is 1.24 bits per heavy atom. The number of benzene rings is 1. The van der Waals surface area contributed by atoms with E-state index in [1.54, 1.807) is 12.1 Å². The van der Waals surface area contributed by atoms with Crippen LogP contribution < -0.4 is 10.6 Å². The third kappa shape index (κ3) is 3.55. The summed E-state index contributed by atoms with van der Waals surface area (Å²) in [7, 11) is 0. The number of fused-ring (bicyclic) bond motifs is 1. The van der Waals surface area contributed by atoms with Gasteiger partial charge in [0.25, 0.3) is 0 Å². The molecule has 2 aromatic rings. The zero-order valence-corrected chi connectivity index (χ0v) is 14.4. The number of nitrogens with one attached hydrogen (secondary N) is 2. The molecule has 2 aliphatic heterocycles. The minimum absolute atomic E-state index is 0.0326. The summed E-state index contributed by atoms with van der Waals surface area (Å²) in [4.78, 5) is 0.